The van der Waals surface area contributed by atoms with Gasteiger partial charge in [0.1, 0.15) is 16.9 Å². The van der Waals surface area contributed by atoms with Crippen molar-refractivity contribution >= 4 is 11.0 Å². The second kappa shape index (κ2) is 5.66. The van der Waals surface area contributed by atoms with Gasteiger partial charge in [-0.1, -0.05) is 30.0 Å². The first-order valence-corrected chi connectivity index (χ1v) is 7.46. The Kier molecular flexibility index (Phi) is 4.03. The summed E-state index contributed by atoms with van der Waals surface area (Å²) in [6.07, 6.45) is 0. The summed E-state index contributed by atoms with van der Waals surface area (Å²) >= 11 is 0. The molecule has 2 aromatic carbocycles. The maximum atomic E-state index is 12.2. The van der Waals surface area contributed by atoms with Gasteiger partial charge in [-0.3, -0.25) is 0 Å². The van der Waals surface area contributed by atoms with Crippen LogP contribution < -0.4 is 45.0 Å². The molecule has 2 heterocycles. The van der Waals surface area contributed by atoms with Crippen LogP contribution in [0, 0.1) is 6.92 Å². The van der Waals surface area contributed by atoms with E-state index in [9.17, 15) is 9.90 Å². The Labute approximate surface area is 161 Å². The van der Waals surface area contributed by atoms with Crippen molar-refractivity contribution in [3.63, 3.8) is 0 Å². The van der Waals surface area contributed by atoms with Crippen LogP contribution in [0.2, 0.25) is 0 Å². The fraction of sp³-hybridized carbons (Fsp3) is 0.211. The average molecular weight is 330 g/mol. The summed E-state index contributed by atoms with van der Waals surface area (Å²) < 4.78 is 11.4. The molecule has 0 radical (unpaired) electrons. The molecule has 0 fully saturated rings. The van der Waals surface area contributed by atoms with E-state index < -0.39 is 11.2 Å². The van der Waals surface area contributed by atoms with Crippen LogP contribution in [0.3, 0.4) is 0 Å². The van der Waals surface area contributed by atoms with Crippen LogP contribution >= 0.6 is 0 Å². The van der Waals surface area contributed by atoms with Gasteiger partial charge in [0.05, 0.1) is 0 Å². The standard InChI is InChI=1S/C19H16O4.Na/c1-10-17-11-6-4-5-7-12(11)19(2,3)23-15(17)9-14-18(10)13(20)8-16(21)22-14;/h4-9,20H,1-3H3;/q;+1/p-1. The Morgan fingerprint density at radius 2 is 1.83 bits per heavy atom. The van der Waals surface area contributed by atoms with E-state index in [1.165, 1.54) is 0 Å². The van der Waals surface area contributed by atoms with Crippen LogP contribution in [0.1, 0.15) is 25.0 Å². The van der Waals surface area contributed by atoms with Crippen molar-refractivity contribution in [2.75, 3.05) is 0 Å². The van der Waals surface area contributed by atoms with Crippen LogP contribution in [0.15, 0.2) is 45.6 Å². The normalized spacial score (nSPS) is 14.3. The second-order valence-electron chi connectivity index (χ2n) is 6.34. The Morgan fingerprint density at radius 1 is 1.12 bits per heavy atom. The van der Waals surface area contributed by atoms with Crippen molar-refractivity contribution in [3.05, 3.63) is 57.9 Å². The van der Waals surface area contributed by atoms with Gasteiger partial charge in [0.2, 0.25) is 0 Å². The molecule has 0 saturated carbocycles. The molecule has 116 valence electrons. The summed E-state index contributed by atoms with van der Waals surface area (Å²) in [6.45, 7) is 5.85. The molecule has 0 spiro atoms. The molecule has 0 bridgehead atoms. The number of rotatable bonds is 0. The first-order chi connectivity index (χ1) is 10.9. The van der Waals surface area contributed by atoms with E-state index in [1.807, 2.05) is 45.0 Å². The topological polar surface area (TPSA) is 62.5 Å². The Bertz CT molecular complexity index is 1020. The molecule has 0 saturated heterocycles. The van der Waals surface area contributed by atoms with Crippen LogP contribution in [0.5, 0.6) is 11.5 Å². The third-order valence-corrected chi connectivity index (χ3v) is 4.42. The molecule has 3 aromatic rings. The number of hydrogen-bond acceptors (Lipinski definition) is 4. The van der Waals surface area contributed by atoms with Crippen LogP contribution in [-0.2, 0) is 5.60 Å². The molecule has 0 aliphatic carbocycles. The minimum atomic E-state index is -0.641. The number of fused-ring (bicyclic) bond motifs is 4. The molecular formula is C19H15NaO4. The predicted molar refractivity (Wildman–Crippen MR) is 85.8 cm³/mol. The average Bonchev–Trinajstić information content (AvgIpc) is 2.45. The van der Waals surface area contributed by atoms with Crippen molar-refractivity contribution in [2.45, 2.75) is 26.4 Å². The third-order valence-electron chi connectivity index (χ3n) is 4.42. The Hall–Kier alpha value is -1.75. The number of benzene rings is 2. The molecule has 5 heteroatoms. The molecule has 1 aromatic heterocycles. The van der Waals surface area contributed by atoms with E-state index in [0.717, 1.165) is 28.3 Å². The summed E-state index contributed by atoms with van der Waals surface area (Å²) in [5.41, 5.74) is 2.90. The first kappa shape index (κ1) is 17.1. The van der Waals surface area contributed by atoms with Crippen LogP contribution in [0.4, 0.5) is 0 Å². The van der Waals surface area contributed by atoms with Crippen LogP contribution in [0.25, 0.3) is 22.1 Å². The van der Waals surface area contributed by atoms with Gasteiger partial charge in [0.15, 0.2) is 0 Å². The molecule has 0 amide bonds. The maximum Gasteiger partial charge on any atom is 1.00 e. The summed E-state index contributed by atoms with van der Waals surface area (Å²) in [6, 6.07) is 10.6. The quantitative estimate of drug-likeness (QED) is 0.444. The SMILES string of the molecule is Cc1c2c(cc3oc(=O)cc([O-])c13)OC(C)(C)c1ccccc1-2.[Na+]. The summed E-state index contributed by atoms with van der Waals surface area (Å²) in [4.78, 5) is 11.5. The van der Waals surface area contributed by atoms with Gasteiger partial charge in [0, 0.05) is 28.6 Å². The minimum Gasteiger partial charge on any atom is -0.872 e. The molecule has 0 N–H and O–H groups in total. The summed E-state index contributed by atoms with van der Waals surface area (Å²) in [5.74, 6) is 0.311. The van der Waals surface area contributed by atoms with E-state index in [4.69, 9.17) is 9.15 Å². The first-order valence-electron chi connectivity index (χ1n) is 7.46. The number of hydrogen-bond donors (Lipinski definition) is 0. The van der Waals surface area contributed by atoms with E-state index in [0.29, 0.717) is 11.1 Å². The second-order valence-corrected chi connectivity index (χ2v) is 6.34. The van der Waals surface area contributed by atoms with Gasteiger partial charge >= 0.3 is 35.2 Å². The number of ether oxygens (including phenoxy) is 1. The van der Waals surface area contributed by atoms with Gasteiger partial charge < -0.3 is 14.3 Å². The summed E-state index contributed by atoms with van der Waals surface area (Å²) in [5, 5.41) is 12.7. The molecule has 24 heavy (non-hydrogen) atoms. The van der Waals surface area contributed by atoms with E-state index in [2.05, 4.69) is 0 Å². The third kappa shape index (κ3) is 2.37. The van der Waals surface area contributed by atoms with Crippen molar-refractivity contribution in [2.24, 2.45) is 0 Å². The van der Waals surface area contributed by atoms with E-state index >= 15 is 0 Å². The van der Waals surface area contributed by atoms with E-state index in [-0.39, 0.29) is 40.9 Å². The van der Waals surface area contributed by atoms with Crippen LogP contribution in [-0.4, -0.2) is 0 Å². The van der Waals surface area contributed by atoms with Crippen molar-refractivity contribution in [3.8, 4) is 22.6 Å². The van der Waals surface area contributed by atoms with Gasteiger partial charge in [0.25, 0.3) is 0 Å². The molecular weight excluding hydrogens is 315 g/mol. The largest absolute Gasteiger partial charge is 1.00 e. The van der Waals surface area contributed by atoms with Gasteiger partial charge in [-0.2, -0.15) is 0 Å². The zero-order chi connectivity index (χ0) is 16.4. The fourth-order valence-corrected chi connectivity index (χ4v) is 3.43. The monoisotopic (exact) mass is 330 g/mol. The molecule has 1 aliphatic rings. The predicted octanol–water partition coefficient (Wildman–Crippen LogP) is 0.474. The maximum absolute atomic E-state index is 12.2. The minimum absolute atomic E-state index is 0. The summed E-state index contributed by atoms with van der Waals surface area (Å²) in [7, 11) is 0. The van der Waals surface area contributed by atoms with Crippen molar-refractivity contribution < 1.29 is 43.8 Å². The van der Waals surface area contributed by atoms with Crippen molar-refractivity contribution in [1.82, 2.24) is 0 Å². The smallest absolute Gasteiger partial charge is 0.872 e. The molecule has 1 aliphatic heterocycles. The fourth-order valence-electron chi connectivity index (χ4n) is 3.43. The van der Waals surface area contributed by atoms with Crippen molar-refractivity contribution in [1.29, 1.82) is 0 Å². The molecule has 0 atom stereocenters. The van der Waals surface area contributed by atoms with Gasteiger partial charge in [-0.05, 0) is 31.9 Å². The number of aryl methyl sites for hydroxylation is 1. The Morgan fingerprint density at radius 3 is 2.58 bits per heavy atom. The van der Waals surface area contributed by atoms with Gasteiger partial charge in [-0.25, -0.2) is 4.79 Å². The molecule has 4 nitrogen and oxygen atoms in total. The zero-order valence-corrected chi connectivity index (χ0v) is 16.1. The molecule has 4 rings (SSSR count). The molecule has 0 unspecified atom stereocenters. The zero-order valence-electron chi connectivity index (χ0n) is 14.1. The van der Waals surface area contributed by atoms with E-state index in [1.54, 1.807) is 6.07 Å². The Balaban J connectivity index is 0.00000169. The van der Waals surface area contributed by atoms with Gasteiger partial charge in [-0.15, -0.1) is 0 Å².